The predicted molar refractivity (Wildman–Crippen MR) is 60.5 cm³/mol. The molecular weight excluding hydrogens is 214 g/mol. The van der Waals surface area contributed by atoms with Gasteiger partial charge in [-0.25, -0.2) is 8.42 Å². The van der Waals surface area contributed by atoms with E-state index in [0.717, 1.165) is 19.3 Å². The van der Waals surface area contributed by atoms with E-state index in [2.05, 4.69) is 6.92 Å². The molecule has 0 aliphatic heterocycles. The van der Waals surface area contributed by atoms with Crippen molar-refractivity contribution in [3.63, 3.8) is 0 Å². The molecule has 90 valence electrons. The van der Waals surface area contributed by atoms with Gasteiger partial charge in [-0.2, -0.15) is 0 Å². The summed E-state index contributed by atoms with van der Waals surface area (Å²) in [5.74, 6) is 0.718. The number of hydrogen-bond acceptors (Lipinski definition) is 4. The summed E-state index contributed by atoms with van der Waals surface area (Å²) in [6, 6.07) is 0. The van der Waals surface area contributed by atoms with Crippen molar-refractivity contribution in [2.45, 2.75) is 31.8 Å². The highest BCUT2D eigenvalue weighted by Gasteiger charge is 2.37. The molecule has 0 spiro atoms. The zero-order chi connectivity index (χ0) is 11.5. The fourth-order valence-corrected chi connectivity index (χ4v) is 2.52. The molecule has 0 radical (unpaired) electrons. The van der Waals surface area contributed by atoms with Gasteiger partial charge in [0.05, 0.1) is 18.0 Å². The van der Waals surface area contributed by atoms with Crippen molar-refractivity contribution < 1.29 is 13.2 Å². The second kappa shape index (κ2) is 4.80. The Bertz CT molecular complexity index is 302. The Labute approximate surface area is 92.1 Å². The molecule has 1 fully saturated rings. The van der Waals surface area contributed by atoms with Crippen LogP contribution < -0.4 is 5.73 Å². The van der Waals surface area contributed by atoms with Gasteiger partial charge < -0.3 is 10.5 Å². The van der Waals surface area contributed by atoms with Crippen molar-refractivity contribution in [2.24, 2.45) is 11.7 Å². The van der Waals surface area contributed by atoms with E-state index in [1.54, 1.807) is 0 Å². The van der Waals surface area contributed by atoms with E-state index in [0.29, 0.717) is 12.5 Å². The van der Waals surface area contributed by atoms with Gasteiger partial charge in [-0.1, -0.05) is 6.92 Å². The molecule has 0 aromatic rings. The highest BCUT2D eigenvalue weighted by Crippen LogP contribution is 2.36. The molecule has 0 amide bonds. The van der Waals surface area contributed by atoms with E-state index in [4.69, 9.17) is 10.5 Å². The first-order valence-electron chi connectivity index (χ1n) is 5.39. The van der Waals surface area contributed by atoms with Crippen LogP contribution in [0.4, 0.5) is 0 Å². The molecule has 1 saturated carbocycles. The summed E-state index contributed by atoms with van der Waals surface area (Å²) in [6.45, 7) is 2.93. The van der Waals surface area contributed by atoms with Gasteiger partial charge in [-0.15, -0.1) is 0 Å². The zero-order valence-corrected chi connectivity index (χ0v) is 10.3. The number of rotatable bonds is 5. The molecule has 15 heavy (non-hydrogen) atoms. The minimum Gasteiger partial charge on any atom is -0.373 e. The lowest BCUT2D eigenvalue weighted by Gasteiger charge is -2.28. The van der Waals surface area contributed by atoms with Crippen LogP contribution in [0.5, 0.6) is 0 Å². The molecule has 2 atom stereocenters. The molecule has 2 N–H and O–H groups in total. The molecule has 0 aromatic heterocycles. The summed E-state index contributed by atoms with van der Waals surface area (Å²) in [7, 11) is -2.93. The van der Waals surface area contributed by atoms with Gasteiger partial charge in [0, 0.05) is 12.8 Å². The average molecular weight is 235 g/mol. The third-order valence-corrected chi connectivity index (χ3v) is 3.96. The first kappa shape index (κ1) is 12.9. The third kappa shape index (κ3) is 4.09. The minimum atomic E-state index is -2.93. The standard InChI is InChI=1S/C10H21NO3S/c1-9-3-4-10(7-9,8-11)14-5-6-15(2,12)13/h9H,3-8,11H2,1-2H3. The van der Waals surface area contributed by atoms with Crippen molar-refractivity contribution in [3.8, 4) is 0 Å². The molecule has 2 unspecified atom stereocenters. The van der Waals surface area contributed by atoms with Crippen molar-refractivity contribution in [3.05, 3.63) is 0 Å². The van der Waals surface area contributed by atoms with Crippen LogP contribution in [0.1, 0.15) is 26.2 Å². The van der Waals surface area contributed by atoms with Gasteiger partial charge in [0.1, 0.15) is 9.84 Å². The Hall–Kier alpha value is -0.130. The first-order valence-corrected chi connectivity index (χ1v) is 7.45. The number of sulfone groups is 1. The number of ether oxygens (including phenoxy) is 1. The van der Waals surface area contributed by atoms with E-state index in [1.165, 1.54) is 6.26 Å². The van der Waals surface area contributed by atoms with Crippen LogP contribution in [0, 0.1) is 5.92 Å². The lowest BCUT2D eigenvalue weighted by molar-refractivity contribution is -0.0279. The first-order chi connectivity index (χ1) is 6.87. The Morgan fingerprint density at radius 1 is 1.53 bits per heavy atom. The van der Waals surface area contributed by atoms with Crippen molar-refractivity contribution in [1.82, 2.24) is 0 Å². The van der Waals surface area contributed by atoms with E-state index in [9.17, 15) is 8.42 Å². The van der Waals surface area contributed by atoms with Crippen molar-refractivity contribution >= 4 is 9.84 Å². The predicted octanol–water partition coefficient (Wildman–Crippen LogP) is 0.565. The second-order valence-corrected chi connectivity index (χ2v) is 6.97. The largest absolute Gasteiger partial charge is 0.373 e. The van der Waals surface area contributed by atoms with E-state index >= 15 is 0 Å². The minimum absolute atomic E-state index is 0.0864. The summed E-state index contributed by atoms with van der Waals surface area (Å²) >= 11 is 0. The van der Waals surface area contributed by atoms with Gasteiger partial charge in [-0.3, -0.25) is 0 Å². The monoisotopic (exact) mass is 235 g/mol. The second-order valence-electron chi connectivity index (χ2n) is 4.71. The molecule has 1 aliphatic rings. The lowest BCUT2D eigenvalue weighted by Crippen LogP contribution is -2.39. The molecule has 1 aliphatic carbocycles. The van der Waals surface area contributed by atoms with Crippen molar-refractivity contribution in [1.29, 1.82) is 0 Å². The lowest BCUT2D eigenvalue weighted by atomic mass is 10.0. The van der Waals surface area contributed by atoms with E-state index in [-0.39, 0.29) is 18.0 Å². The molecule has 4 nitrogen and oxygen atoms in total. The Kier molecular flexibility index (Phi) is 4.14. The summed E-state index contributed by atoms with van der Waals surface area (Å²) < 4.78 is 27.6. The summed E-state index contributed by atoms with van der Waals surface area (Å²) in [5, 5.41) is 0. The van der Waals surface area contributed by atoms with Crippen LogP contribution in [-0.2, 0) is 14.6 Å². The third-order valence-electron chi connectivity index (χ3n) is 3.05. The molecular formula is C10H21NO3S. The Morgan fingerprint density at radius 3 is 2.60 bits per heavy atom. The molecule has 5 heteroatoms. The van der Waals surface area contributed by atoms with Crippen LogP contribution in [-0.4, -0.2) is 39.2 Å². The van der Waals surface area contributed by atoms with Crippen LogP contribution in [0.2, 0.25) is 0 Å². The van der Waals surface area contributed by atoms with Gasteiger partial charge >= 0.3 is 0 Å². The van der Waals surface area contributed by atoms with Crippen LogP contribution >= 0.6 is 0 Å². The van der Waals surface area contributed by atoms with Crippen molar-refractivity contribution in [2.75, 3.05) is 25.2 Å². The number of hydrogen-bond donors (Lipinski definition) is 1. The van der Waals surface area contributed by atoms with Gasteiger partial charge in [0.15, 0.2) is 0 Å². The van der Waals surface area contributed by atoms with E-state index in [1.807, 2.05) is 0 Å². The maximum absolute atomic E-state index is 11.0. The molecule has 0 bridgehead atoms. The van der Waals surface area contributed by atoms with Crippen LogP contribution in [0.25, 0.3) is 0 Å². The van der Waals surface area contributed by atoms with Gasteiger partial charge in [-0.05, 0) is 25.2 Å². The molecule has 0 saturated heterocycles. The van der Waals surface area contributed by atoms with Gasteiger partial charge in [0.25, 0.3) is 0 Å². The maximum atomic E-state index is 11.0. The smallest absolute Gasteiger partial charge is 0.149 e. The molecule has 1 rings (SSSR count). The highest BCUT2D eigenvalue weighted by molar-refractivity contribution is 7.90. The SMILES string of the molecule is CC1CCC(CN)(OCCS(C)(=O)=O)C1. The maximum Gasteiger partial charge on any atom is 0.149 e. The van der Waals surface area contributed by atoms with Crippen LogP contribution in [0.3, 0.4) is 0 Å². The normalized spacial score (nSPS) is 32.1. The Morgan fingerprint density at radius 2 is 2.20 bits per heavy atom. The zero-order valence-electron chi connectivity index (χ0n) is 9.53. The van der Waals surface area contributed by atoms with E-state index < -0.39 is 9.84 Å². The van der Waals surface area contributed by atoms with Crippen LogP contribution in [0.15, 0.2) is 0 Å². The summed E-state index contributed by atoms with van der Waals surface area (Å²) in [5.41, 5.74) is 5.45. The van der Waals surface area contributed by atoms with Gasteiger partial charge in [0.2, 0.25) is 0 Å². The topological polar surface area (TPSA) is 69.4 Å². The fourth-order valence-electron chi connectivity index (χ4n) is 2.13. The number of nitrogens with two attached hydrogens (primary N) is 1. The quantitative estimate of drug-likeness (QED) is 0.756. The molecule has 0 aromatic carbocycles. The highest BCUT2D eigenvalue weighted by atomic mass is 32.2. The summed E-state index contributed by atoms with van der Waals surface area (Å²) in [6.07, 6.45) is 4.25. The average Bonchev–Trinajstić information content (AvgIpc) is 2.46. The molecule has 0 heterocycles. The fraction of sp³-hybridized carbons (Fsp3) is 1.00. The Balaban J connectivity index is 2.41. The summed E-state index contributed by atoms with van der Waals surface area (Å²) in [4.78, 5) is 0.